The average molecular weight is 432 g/mol. The molecule has 166 valence electrons. The number of piperidine rings is 1. The number of carbonyl (C=O) groups is 1. The lowest BCUT2D eigenvalue weighted by atomic mass is 9.95. The van der Waals surface area contributed by atoms with Crippen LogP contribution in [0.4, 0.5) is 5.82 Å². The summed E-state index contributed by atoms with van der Waals surface area (Å²) in [4.78, 5) is 37.3. The molecule has 7 heteroatoms. The monoisotopic (exact) mass is 431 g/mol. The summed E-state index contributed by atoms with van der Waals surface area (Å²) >= 11 is 0. The molecular formula is C25H29N5O2. The molecule has 2 fully saturated rings. The van der Waals surface area contributed by atoms with E-state index >= 15 is 0 Å². The summed E-state index contributed by atoms with van der Waals surface area (Å²) < 4.78 is 1.71. The van der Waals surface area contributed by atoms with E-state index in [0.29, 0.717) is 42.7 Å². The molecule has 1 aliphatic heterocycles. The number of nitrogens with zero attached hydrogens (tertiary/aromatic N) is 4. The first kappa shape index (κ1) is 20.7. The Labute approximate surface area is 187 Å². The molecule has 7 nitrogen and oxygen atoms in total. The highest BCUT2D eigenvalue weighted by atomic mass is 16.2. The fraction of sp³-hybridized carbons (Fsp3) is 0.440. The largest absolute Gasteiger partial charge is 0.353 e. The average Bonchev–Trinajstić information content (AvgIpc) is 3.34. The highest BCUT2D eigenvalue weighted by molar-refractivity contribution is 5.79. The van der Waals surface area contributed by atoms with Crippen molar-refractivity contribution < 1.29 is 4.79 Å². The number of nitrogens with one attached hydrogen (secondary N) is 1. The Morgan fingerprint density at radius 2 is 1.75 bits per heavy atom. The first-order valence-corrected chi connectivity index (χ1v) is 11.6. The Morgan fingerprint density at radius 1 is 1.00 bits per heavy atom. The van der Waals surface area contributed by atoms with Gasteiger partial charge in [-0.1, -0.05) is 43.2 Å². The first-order chi connectivity index (χ1) is 15.7. The van der Waals surface area contributed by atoms with Crippen LogP contribution in [0, 0.1) is 5.92 Å². The van der Waals surface area contributed by atoms with Crippen molar-refractivity contribution in [3.05, 3.63) is 64.6 Å². The highest BCUT2D eigenvalue weighted by Gasteiger charge is 2.29. The van der Waals surface area contributed by atoms with Crippen molar-refractivity contribution in [2.24, 2.45) is 5.92 Å². The van der Waals surface area contributed by atoms with Crippen LogP contribution in [-0.2, 0) is 11.3 Å². The Balaban J connectivity index is 1.37. The quantitative estimate of drug-likeness (QED) is 0.671. The van der Waals surface area contributed by atoms with Crippen LogP contribution in [0.25, 0.3) is 11.2 Å². The van der Waals surface area contributed by atoms with Gasteiger partial charge in [-0.25, -0.2) is 9.97 Å². The maximum absolute atomic E-state index is 13.5. The molecule has 0 unspecified atom stereocenters. The van der Waals surface area contributed by atoms with Gasteiger partial charge in [0.2, 0.25) is 5.91 Å². The number of rotatable bonds is 5. The summed E-state index contributed by atoms with van der Waals surface area (Å²) in [6, 6.07) is 14.0. The van der Waals surface area contributed by atoms with E-state index in [1.165, 1.54) is 12.8 Å². The molecule has 1 N–H and O–H groups in total. The molecule has 1 amide bonds. The molecule has 2 aromatic heterocycles. The summed E-state index contributed by atoms with van der Waals surface area (Å²) in [6.45, 7) is 1.76. The maximum atomic E-state index is 13.5. The van der Waals surface area contributed by atoms with E-state index in [1.807, 2.05) is 47.4 Å². The molecule has 32 heavy (non-hydrogen) atoms. The van der Waals surface area contributed by atoms with Gasteiger partial charge in [-0.15, -0.1) is 0 Å². The van der Waals surface area contributed by atoms with Gasteiger partial charge in [0.15, 0.2) is 11.5 Å². The lowest BCUT2D eigenvalue weighted by Crippen LogP contribution is -2.45. The van der Waals surface area contributed by atoms with Crippen molar-refractivity contribution in [2.45, 2.75) is 51.1 Å². The number of anilines is 1. The normalized spacial score (nSPS) is 17.7. The molecule has 2 aliphatic rings. The van der Waals surface area contributed by atoms with E-state index in [1.54, 1.807) is 10.8 Å². The smallest absolute Gasteiger partial charge is 0.295 e. The molecule has 1 saturated heterocycles. The number of carbonyl (C=O) groups excluding carboxylic acids is 1. The van der Waals surface area contributed by atoms with Gasteiger partial charge in [0, 0.05) is 31.2 Å². The molecule has 3 aromatic rings. The standard InChI is InChI=1S/C25H29N5O2/c31-24(27-20-9-4-5-10-20)19-12-15-29(16-13-19)23-25(32)30(17-18-7-2-1-3-8-18)22-21(28-23)11-6-14-26-22/h1-3,6-8,11,14,19-20H,4-5,9-10,12-13,15-17H2,(H,27,31). The van der Waals surface area contributed by atoms with Crippen molar-refractivity contribution in [3.63, 3.8) is 0 Å². The van der Waals surface area contributed by atoms with E-state index in [9.17, 15) is 9.59 Å². The van der Waals surface area contributed by atoms with E-state index in [-0.39, 0.29) is 17.4 Å². The van der Waals surface area contributed by atoms with Gasteiger partial charge in [-0.05, 0) is 43.4 Å². The number of aromatic nitrogens is 3. The van der Waals surface area contributed by atoms with Crippen LogP contribution in [0.15, 0.2) is 53.5 Å². The SMILES string of the molecule is O=C(NC1CCCC1)C1CCN(c2nc3cccnc3n(Cc3ccccc3)c2=O)CC1. The summed E-state index contributed by atoms with van der Waals surface area (Å²) in [6.07, 6.45) is 7.79. The second kappa shape index (κ2) is 9.10. The molecule has 0 spiro atoms. The number of hydrogen-bond acceptors (Lipinski definition) is 5. The Kier molecular flexibility index (Phi) is 5.88. The molecule has 3 heterocycles. The van der Waals surface area contributed by atoms with Crippen molar-refractivity contribution in [2.75, 3.05) is 18.0 Å². The summed E-state index contributed by atoms with van der Waals surface area (Å²) in [5.41, 5.74) is 2.21. The van der Waals surface area contributed by atoms with Gasteiger partial charge in [0.25, 0.3) is 5.56 Å². The molecule has 0 radical (unpaired) electrons. The van der Waals surface area contributed by atoms with E-state index in [0.717, 1.165) is 31.2 Å². The van der Waals surface area contributed by atoms with Crippen molar-refractivity contribution >= 4 is 22.9 Å². The highest BCUT2D eigenvalue weighted by Crippen LogP contribution is 2.24. The molecule has 1 aromatic carbocycles. The predicted molar refractivity (Wildman–Crippen MR) is 125 cm³/mol. The van der Waals surface area contributed by atoms with Crippen LogP contribution in [0.3, 0.4) is 0 Å². The zero-order chi connectivity index (χ0) is 21.9. The topological polar surface area (TPSA) is 80.1 Å². The third-order valence-corrected chi connectivity index (χ3v) is 6.73. The fourth-order valence-electron chi connectivity index (χ4n) is 4.92. The number of benzene rings is 1. The van der Waals surface area contributed by atoms with Crippen LogP contribution in [0.2, 0.25) is 0 Å². The van der Waals surface area contributed by atoms with Gasteiger partial charge in [-0.3, -0.25) is 14.2 Å². The third kappa shape index (κ3) is 4.24. The van der Waals surface area contributed by atoms with Crippen LogP contribution >= 0.6 is 0 Å². The number of amides is 1. The van der Waals surface area contributed by atoms with Crippen molar-refractivity contribution in [1.29, 1.82) is 0 Å². The van der Waals surface area contributed by atoms with Gasteiger partial charge in [0.05, 0.1) is 6.54 Å². The molecular weight excluding hydrogens is 402 g/mol. The van der Waals surface area contributed by atoms with Gasteiger partial charge in [0.1, 0.15) is 5.52 Å². The van der Waals surface area contributed by atoms with Crippen molar-refractivity contribution in [3.8, 4) is 0 Å². The molecule has 0 atom stereocenters. The lowest BCUT2D eigenvalue weighted by Gasteiger charge is -2.32. The molecule has 1 aliphatic carbocycles. The van der Waals surface area contributed by atoms with Gasteiger partial charge < -0.3 is 10.2 Å². The summed E-state index contributed by atoms with van der Waals surface area (Å²) in [5, 5.41) is 3.23. The number of hydrogen-bond donors (Lipinski definition) is 1. The van der Waals surface area contributed by atoms with Crippen molar-refractivity contribution in [1.82, 2.24) is 19.9 Å². The Morgan fingerprint density at radius 3 is 2.50 bits per heavy atom. The fourth-order valence-corrected chi connectivity index (χ4v) is 4.92. The second-order valence-electron chi connectivity index (χ2n) is 8.91. The zero-order valence-electron chi connectivity index (χ0n) is 18.2. The van der Waals surface area contributed by atoms with Crippen LogP contribution in [0.5, 0.6) is 0 Å². The predicted octanol–water partition coefficient (Wildman–Crippen LogP) is 3.12. The van der Waals surface area contributed by atoms with Crippen LogP contribution in [0.1, 0.15) is 44.1 Å². The number of fused-ring (bicyclic) bond motifs is 1. The minimum atomic E-state index is -0.131. The Hall–Kier alpha value is -3.22. The van der Waals surface area contributed by atoms with Gasteiger partial charge in [-0.2, -0.15) is 0 Å². The van der Waals surface area contributed by atoms with Crippen LogP contribution in [-0.4, -0.2) is 39.6 Å². The van der Waals surface area contributed by atoms with E-state index < -0.39 is 0 Å². The minimum Gasteiger partial charge on any atom is -0.353 e. The lowest BCUT2D eigenvalue weighted by molar-refractivity contribution is -0.126. The number of pyridine rings is 1. The Bertz CT molecular complexity index is 1150. The molecule has 5 rings (SSSR count). The third-order valence-electron chi connectivity index (χ3n) is 6.73. The molecule has 0 bridgehead atoms. The zero-order valence-corrected chi connectivity index (χ0v) is 18.2. The maximum Gasteiger partial charge on any atom is 0.295 e. The van der Waals surface area contributed by atoms with E-state index in [4.69, 9.17) is 0 Å². The first-order valence-electron chi connectivity index (χ1n) is 11.6. The van der Waals surface area contributed by atoms with E-state index in [2.05, 4.69) is 15.3 Å². The second-order valence-corrected chi connectivity index (χ2v) is 8.91. The minimum absolute atomic E-state index is 0.0144. The van der Waals surface area contributed by atoms with Crippen LogP contribution < -0.4 is 15.8 Å². The van der Waals surface area contributed by atoms with Gasteiger partial charge >= 0.3 is 0 Å². The summed E-state index contributed by atoms with van der Waals surface area (Å²) in [5.74, 6) is 0.644. The molecule has 1 saturated carbocycles. The summed E-state index contributed by atoms with van der Waals surface area (Å²) in [7, 11) is 0.